The SMILES string of the molecule is Cc1nc(NCc2ccccc2C(F)(F)F)ccc1N. The average Bonchev–Trinajstić information content (AvgIpc) is 2.39. The van der Waals surface area contributed by atoms with Gasteiger partial charge in [0.05, 0.1) is 16.9 Å². The van der Waals surface area contributed by atoms with Crippen LogP contribution in [0.1, 0.15) is 16.8 Å². The predicted octanol–water partition coefficient (Wildman–Crippen LogP) is 3.60. The van der Waals surface area contributed by atoms with E-state index >= 15 is 0 Å². The third-order valence-corrected chi connectivity index (χ3v) is 2.91. The van der Waals surface area contributed by atoms with Gasteiger partial charge in [-0.1, -0.05) is 18.2 Å². The van der Waals surface area contributed by atoms with Gasteiger partial charge in [-0.05, 0) is 30.7 Å². The number of alkyl halides is 3. The Bertz CT molecular complexity index is 609. The summed E-state index contributed by atoms with van der Waals surface area (Å²) in [6.07, 6.45) is -4.36. The van der Waals surface area contributed by atoms with E-state index in [0.29, 0.717) is 17.2 Å². The topological polar surface area (TPSA) is 50.9 Å². The van der Waals surface area contributed by atoms with Crippen LogP contribution in [0.25, 0.3) is 0 Å². The van der Waals surface area contributed by atoms with Gasteiger partial charge in [0, 0.05) is 6.54 Å². The lowest BCUT2D eigenvalue weighted by Gasteiger charge is -2.13. The van der Waals surface area contributed by atoms with Crippen LogP contribution in [0.4, 0.5) is 24.7 Å². The summed E-state index contributed by atoms with van der Waals surface area (Å²) in [6.45, 7) is 1.79. The molecule has 2 rings (SSSR count). The number of nitrogens with one attached hydrogen (secondary N) is 1. The van der Waals surface area contributed by atoms with Gasteiger partial charge in [-0.3, -0.25) is 0 Å². The van der Waals surface area contributed by atoms with E-state index < -0.39 is 11.7 Å². The zero-order valence-corrected chi connectivity index (χ0v) is 10.8. The number of aromatic nitrogens is 1. The standard InChI is InChI=1S/C14H14F3N3/c1-9-12(18)6-7-13(20-9)19-8-10-4-2-3-5-11(10)14(15,16)17/h2-7H,8,18H2,1H3,(H,19,20). The van der Waals surface area contributed by atoms with Crippen molar-refractivity contribution >= 4 is 11.5 Å². The number of hydrogen-bond donors (Lipinski definition) is 2. The van der Waals surface area contributed by atoms with E-state index in [4.69, 9.17) is 5.73 Å². The molecule has 0 atom stereocenters. The van der Waals surface area contributed by atoms with Crippen LogP contribution in [-0.2, 0) is 12.7 Å². The molecule has 2 aromatic rings. The van der Waals surface area contributed by atoms with Crippen molar-refractivity contribution in [2.75, 3.05) is 11.1 Å². The fourth-order valence-corrected chi connectivity index (χ4v) is 1.81. The Labute approximate surface area is 114 Å². The molecule has 0 saturated carbocycles. The minimum atomic E-state index is -4.36. The van der Waals surface area contributed by atoms with Gasteiger partial charge in [-0.2, -0.15) is 13.2 Å². The van der Waals surface area contributed by atoms with Gasteiger partial charge in [0.1, 0.15) is 5.82 Å². The molecule has 1 heterocycles. The Kier molecular flexibility index (Phi) is 3.83. The first-order valence-electron chi connectivity index (χ1n) is 6.00. The molecule has 0 radical (unpaired) electrons. The molecule has 1 aromatic heterocycles. The van der Waals surface area contributed by atoms with Crippen molar-refractivity contribution in [1.82, 2.24) is 4.98 Å². The lowest BCUT2D eigenvalue weighted by Crippen LogP contribution is -2.12. The van der Waals surface area contributed by atoms with Crippen molar-refractivity contribution in [3.05, 3.63) is 53.2 Å². The predicted molar refractivity (Wildman–Crippen MR) is 72.2 cm³/mol. The molecule has 0 aliphatic rings. The van der Waals surface area contributed by atoms with Gasteiger partial charge in [-0.15, -0.1) is 0 Å². The van der Waals surface area contributed by atoms with Crippen LogP contribution in [0.5, 0.6) is 0 Å². The maximum absolute atomic E-state index is 12.8. The maximum atomic E-state index is 12.8. The Morgan fingerprint density at radius 1 is 1.15 bits per heavy atom. The normalized spacial score (nSPS) is 11.4. The van der Waals surface area contributed by atoms with E-state index in [0.717, 1.165) is 6.07 Å². The Morgan fingerprint density at radius 2 is 1.85 bits per heavy atom. The molecule has 3 nitrogen and oxygen atoms in total. The van der Waals surface area contributed by atoms with E-state index in [9.17, 15) is 13.2 Å². The first-order chi connectivity index (χ1) is 9.38. The number of rotatable bonds is 3. The second-order valence-corrected chi connectivity index (χ2v) is 4.38. The monoisotopic (exact) mass is 281 g/mol. The number of aryl methyl sites for hydroxylation is 1. The number of halogens is 3. The Hall–Kier alpha value is -2.24. The molecule has 0 spiro atoms. The largest absolute Gasteiger partial charge is 0.416 e. The number of nitrogens with two attached hydrogens (primary N) is 1. The number of nitrogen functional groups attached to an aromatic ring is 1. The van der Waals surface area contributed by atoms with Crippen LogP contribution in [0.3, 0.4) is 0 Å². The van der Waals surface area contributed by atoms with Gasteiger partial charge in [0.15, 0.2) is 0 Å². The van der Waals surface area contributed by atoms with Crippen molar-refractivity contribution in [2.45, 2.75) is 19.6 Å². The summed E-state index contributed by atoms with van der Waals surface area (Å²) in [5.74, 6) is 0.494. The van der Waals surface area contributed by atoms with Crippen molar-refractivity contribution in [1.29, 1.82) is 0 Å². The quantitative estimate of drug-likeness (QED) is 0.903. The van der Waals surface area contributed by atoms with Crippen molar-refractivity contribution < 1.29 is 13.2 Å². The minimum absolute atomic E-state index is 0.0477. The highest BCUT2D eigenvalue weighted by atomic mass is 19.4. The average molecular weight is 281 g/mol. The van der Waals surface area contributed by atoms with E-state index in [1.54, 1.807) is 25.1 Å². The molecular formula is C14H14F3N3. The van der Waals surface area contributed by atoms with Crippen LogP contribution < -0.4 is 11.1 Å². The maximum Gasteiger partial charge on any atom is 0.416 e. The molecule has 0 aliphatic carbocycles. The third-order valence-electron chi connectivity index (χ3n) is 2.91. The summed E-state index contributed by atoms with van der Waals surface area (Å²) in [5.41, 5.74) is 6.36. The molecule has 0 saturated heterocycles. The number of nitrogens with zero attached hydrogens (tertiary/aromatic N) is 1. The first kappa shape index (κ1) is 14.2. The minimum Gasteiger partial charge on any atom is -0.397 e. The van der Waals surface area contributed by atoms with Crippen LogP contribution >= 0.6 is 0 Å². The van der Waals surface area contributed by atoms with E-state index in [1.807, 2.05) is 0 Å². The highest BCUT2D eigenvalue weighted by Crippen LogP contribution is 2.32. The lowest BCUT2D eigenvalue weighted by atomic mass is 10.1. The molecule has 0 unspecified atom stereocenters. The summed E-state index contributed by atoms with van der Waals surface area (Å²) in [5, 5.41) is 2.87. The zero-order chi connectivity index (χ0) is 14.8. The smallest absolute Gasteiger partial charge is 0.397 e. The molecular weight excluding hydrogens is 267 g/mol. The molecule has 0 bridgehead atoms. The summed E-state index contributed by atoms with van der Waals surface area (Å²) < 4.78 is 38.5. The highest BCUT2D eigenvalue weighted by Gasteiger charge is 2.32. The summed E-state index contributed by atoms with van der Waals surface area (Å²) >= 11 is 0. The summed E-state index contributed by atoms with van der Waals surface area (Å²) in [7, 11) is 0. The lowest BCUT2D eigenvalue weighted by molar-refractivity contribution is -0.138. The van der Waals surface area contributed by atoms with Gasteiger partial charge in [-0.25, -0.2) is 4.98 Å². The summed E-state index contributed by atoms with van der Waals surface area (Å²) in [6, 6.07) is 8.77. The summed E-state index contributed by atoms with van der Waals surface area (Å²) in [4.78, 5) is 4.16. The van der Waals surface area contributed by atoms with E-state index in [1.165, 1.54) is 12.1 Å². The van der Waals surface area contributed by atoms with Crippen molar-refractivity contribution in [3.63, 3.8) is 0 Å². The van der Waals surface area contributed by atoms with E-state index in [-0.39, 0.29) is 12.1 Å². The number of pyridine rings is 1. The van der Waals surface area contributed by atoms with Gasteiger partial charge in [0.25, 0.3) is 0 Å². The van der Waals surface area contributed by atoms with Crippen LogP contribution in [-0.4, -0.2) is 4.98 Å². The first-order valence-corrected chi connectivity index (χ1v) is 6.00. The number of anilines is 2. The molecule has 106 valence electrons. The Morgan fingerprint density at radius 3 is 2.50 bits per heavy atom. The molecule has 0 fully saturated rings. The second-order valence-electron chi connectivity index (χ2n) is 4.38. The van der Waals surface area contributed by atoms with Gasteiger partial charge in [0.2, 0.25) is 0 Å². The van der Waals surface area contributed by atoms with Crippen molar-refractivity contribution in [2.24, 2.45) is 0 Å². The molecule has 3 N–H and O–H groups in total. The van der Waals surface area contributed by atoms with Crippen LogP contribution in [0.2, 0.25) is 0 Å². The number of hydrogen-bond acceptors (Lipinski definition) is 3. The third kappa shape index (κ3) is 3.20. The van der Waals surface area contributed by atoms with Crippen LogP contribution in [0, 0.1) is 6.92 Å². The molecule has 1 aromatic carbocycles. The molecule has 0 amide bonds. The van der Waals surface area contributed by atoms with Crippen LogP contribution in [0.15, 0.2) is 36.4 Å². The fourth-order valence-electron chi connectivity index (χ4n) is 1.81. The Balaban J connectivity index is 2.17. The zero-order valence-electron chi connectivity index (χ0n) is 10.8. The fraction of sp³-hybridized carbons (Fsp3) is 0.214. The van der Waals surface area contributed by atoms with Crippen molar-refractivity contribution in [3.8, 4) is 0 Å². The highest BCUT2D eigenvalue weighted by molar-refractivity contribution is 5.49. The number of benzene rings is 1. The molecule has 20 heavy (non-hydrogen) atoms. The second kappa shape index (κ2) is 5.40. The van der Waals surface area contributed by atoms with Gasteiger partial charge < -0.3 is 11.1 Å². The van der Waals surface area contributed by atoms with E-state index in [2.05, 4.69) is 10.3 Å². The molecule has 6 heteroatoms. The van der Waals surface area contributed by atoms with Gasteiger partial charge >= 0.3 is 6.18 Å². The molecule has 0 aliphatic heterocycles.